The zero-order valence-corrected chi connectivity index (χ0v) is 19.6. The third-order valence-electron chi connectivity index (χ3n) is 5.93. The number of aromatic nitrogens is 1. The maximum Gasteiger partial charge on any atom is 0.260 e. The minimum atomic E-state index is -0.255. The van der Waals surface area contributed by atoms with Crippen molar-refractivity contribution >= 4 is 61.7 Å². The van der Waals surface area contributed by atoms with Gasteiger partial charge in [-0.05, 0) is 55.7 Å². The molecule has 0 saturated carbocycles. The average Bonchev–Trinajstić information content (AvgIpc) is 3.52. The van der Waals surface area contributed by atoms with Crippen molar-refractivity contribution in [1.29, 1.82) is 0 Å². The van der Waals surface area contributed by atoms with Crippen LogP contribution < -0.4 is 9.80 Å². The Kier molecular flexibility index (Phi) is 5.90. The van der Waals surface area contributed by atoms with Crippen LogP contribution in [0.4, 0.5) is 10.8 Å². The molecule has 0 spiro atoms. The Morgan fingerprint density at radius 1 is 1.24 bits per heavy atom. The van der Waals surface area contributed by atoms with E-state index in [1.807, 2.05) is 19.1 Å². The van der Waals surface area contributed by atoms with Crippen LogP contribution in [0.15, 0.2) is 36.4 Å². The number of carbonyl (C=O) groups excluding carboxylic acids is 3. The molecule has 2 saturated heterocycles. The van der Waals surface area contributed by atoms with Crippen LogP contribution in [0.5, 0.6) is 0 Å². The number of anilines is 2. The minimum Gasteiger partial charge on any atom is -0.376 e. The molecule has 0 N–H and O–H groups in total. The Balaban J connectivity index is 1.52. The molecular weight excluding hydrogens is 462 g/mol. The number of hydrogen-bond donors (Lipinski definition) is 0. The summed E-state index contributed by atoms with van der Waals surface area (Å²) < 4.78 is 6.71. The van der Waals surface area contributed by atoms with Crippen LogP contribution in [0.25, 0.3) is 10.2 Å². The van der Waals surface area contributed by atoms with Crippen molar-refractivity contribution in [2.45, 2.75) is 38.7 Å². The fourth-order valence-electron chi connectivity index (χ4n) is 4.30. The number of imide groups is 1. The molecule has 170 valence electrons. The smallest absolute Gasteiger partial charge is 0.260 e. The largest absolute Gasteiger partial charge is 0.376 e. The second-order valence-electron chi connectivity index (χ2n) is 8.29. The monoisotopic (exact) mass is 483 g/mol. The Morgan fingerprint density at radius 2 is 2.03 bits per heavy atom. The fourth-order valence-corrected chi connectivity index (χ4v) is 5.72. The van der Waals surface area contributed by atoms with E-state index in [2.05, 4.69) is 0 Å². The van der Waals surface area contributed by atoms with Crippen LogP contribution in [0.3, 0.4) is 0 Å². The molecule has 33 heavy (non-hydrogen) atoms. The van der Waals surface area contributed by atoms with Crippen molar-refractivity contribution < 1.29 is 19.1 Å². The number of thiazole rings is 1. The topological polar surface area (TPSA) is 79.8 Å². The maximum absolute atomic E-state index is 13.7. The standard InChI is InChI=1S/C24H22ClN3O4S/c1-14-10-16(25)12-19-22(14)26-24(33-19)27(13-18-6-3-9-32-18)23(31)15-4-2-5-17(11-15)28-20(29)7-8-21(28)30/h2,4-5,10-12,18H,3,6-9,13H2,1H3. The molecule has 0 radical (unpaired) electrons. The molecule has 0 aliphatic carbocycles. The van der Waals surface area contributed by atoms with E-state index in [4.69, 9.17) is 21.3 Å². The van der Waals surface area contributed by atoms with Gasteiger partial charge in [0.1, 0.15) is 0 Å². The number of amides is 3. The van der Waals surface area contributed by atoms with Crippen LogP contribution in [-0.4, -0.2) is 42.0 Å². The summed E-state index contributed by atoms with van der Waals surface area (Å²) in [6.07, 6.45) is 2.13. The first kappa shape index (κ1) is 22.0. The molecule has 2 aliphatic rings. The molecule has 3 heterocycles. The van der Waals surface area contributed by atoms with Gasteiger partial charge in [0.2, 0.25) is 11.8 Å². The molecule has 3 aromatic rings. The highest BCUT2D eigenvalue weighted by molar-refractivity contribution is 7.22. The molecule has 1 atom stereocenters. The van der Waals surface area contributed by atoms with Crippen molar-refractivity contribution in [3.8, 4) is 0 Å². The lowest BCUT2D eigenvalue weighted by atomic mass is 10.1. The normalized spacial score (nSPS) is 18.5. The van der Waals surface area contributed by atoms with Crippen LogP contribution >= 0.6 is 22.9 Å². The third kappa shape index (κ3) is 4.26. The highest BCUT2D eigenvalue weighted by Gasteiger charge is 2.32. The fraction of sp³-hybridized carbons (Fsp3) is 0.333. The van der Waals surface area contributed by atoms with Crippen molar-refractivity contribution in [3.63, 3.8) is 0 Å². The summed E-state index contributed by atoms with van der Waals surface area (Å²) >= 11 is 7.64. The van der Waals surface area contributed by atoms with E-state index in [1.165, 1.54) is 11.3 Å². The van der Waals surface area contributed by atoms with Gasteiger partial charge in [0, 0.05) is 30.0 Å². The number of hydrogen-bond acceptors (Lipinski definition) is 6. The molecule has 2 aliphatic heterocycles. The molecule has 0 bridgehead atoms. The number of benzene rings is 2. The Morgan fingerprint density at radius 3 is 2.76 bits per heavy atom. The summed E-state index contributed by atoms with van der Waals surface area (Å²) in [7, 11) is 0. The van der Waals surface area contributed by atoms with Gasteiger partial charge in [-0.15, -0.1) is 0 Å². The van der Waals surface area contributed by atoms with Gasteiger partial charge in [0.05, 0.1) is 28.6 Å². The predicted molar refractivity (Wildman–Crippen MR) is 128 cm³/mol. The van der Waals surface area contributed by atoms with Gasteiger partial charge >= 0.3 is 0 Å². The summed E-state index contributed by atoms with van der Waals surface area (Å²) in [5.41, 5.74) is 2.55. The zero-order valence-electron chi connectivity index (χ0n) is 18.0. The number of aryl methyl sites for hydroxylation is 1. The summed E-state index contributed by atoms with van der Waals surface area (Å²) in [5, 5.41) is 1.19. The summed E-state index contributed by atoms with van der Waals surface area (Å²) in [6.45, 7) is 2.99. The van der Waals surface area contributed by atoms with Crippen LogP contribution in [0, 0.1) is 6.92 Å². The van der Waals surface area contributed by atoms with E-state index in [9.17, 15) is 14.4 Å². The van der Waals surface area contributed by atoms with Gasteiger partial charge in [0.15, 0.2) is 5.13 Å². The maximum atomic E-state index is 13.7. The molecule has 9 heteroatoms. The highest BCUT2D eigenvalue weighted by atomic mass is 35.5. The molecule has 2 aromatic carbocycles. The molecule has 3 amide bonds. The second-order valence-corrected chi connectivity index (χ2v) is 9.74. The lowest BCUT2D eigenvalue weighted by Gasteiger charge is -2.23. The van der Waals surface area contributed by atoms with Gasteiger partial charge < -0.3 is 4.74 Å². The Labute approximate surface area is 199 Å². The van der Waals surface area contributed by atoms with Crippen molar-refractivity contribution in [2.24, 2.45) is 0 Å². The molecule has 5 rings (SSSR count). The average molecular weight is 484 g/mol. The van der Waals surface area contributed by atoms with Gasteiger partial charge in [-0.3, -0.25) is 24.2 Å². The van der Waals surface area contributed by atoms with E-state index in [0.29, 0.717) is 34.6 Å². The Hall–Kier alpha value is -2.81. The quantitative estimate of drug-likeness (QED) is 0.490. The van der Waals surface area contributed by atoms with Crippen molar-refractivity contribution in [1.82, 2.24) is 4.98 Å². The molecular formula is C24H22ClN3O4S. The van der Waals surface area contributed by atoms with E-state index >= 15 is 0 Å². The first-order chi connectivity index (χ1) is 15.9. The van der Waals surface area contributed by atoms with Crippen LogP contribution in [0.1, 0.15) is 41.6 Å². The van der Waals surface area contributed by atoms with E-state index in [-0.39, 0.29) is 36.7 Å². The second kappa shape index (κ2) is 8.85. The van der Waals surface area contributed by atoms with Crippen molar-refractivity contribution in [2.75, 3.05) is 23.0 Å². The SMILES string of the molecule is Cc1cc(Cl)cc2sc(N(CC3CCCO3)C(=O)c3cccc(N4C(=O)CCC4=O)c3)nc12. The Bertz CT molecular complexity index is 1250. The lowest BCUT2D eigenvalue weighted by Crippen LogP contribution is -2.37. The van der Waals surface area contributed by atoms with Gasteiger partial charge in [0.25, 0.3) is 5.91 Å². The lowest BCUT2D eigenvalue weighted by molar-refractivity contribution is -0.121. The van der Waals surface area contributed by atoms with E-state index < -0.39 is 0 Å². The number of rotatable bonds is 5. The highest BCUT2D eigenvalue weighted by Crippen LogP contribution is 2.34. The van der Waals surface area contributed by atoms with Gasteiger partial charge in [-0.1, -0.05) is 29.0 Å². The number of carbonyl (C=O) groups is 3. The number of nitrogens with zero attached hydrogens (tertiary/aromatic N) is 3. The van der Waals surface area contributed by atoms with E-state index in [1.54, 1.807) is 29.2 Å². The molecule has 1 unspecified atom stereocenters. The van der Waals surface area contributed by atoms with Gasteiger partial charge in [-0.2, -0.15) is 0 Å². The minimum absolute atomic E-state index is 0.0735. The number of fused-ring (bicyclic) bond motifs is 1. The van der Waals surface area contributed by atoms with Crippen molar-refractivity contribution in [3.05, 3.63) is 52.5 Å². The first-order valence-electron chi connectivity index (χ1n) is 10.9. The number of halogens is 1. The van der Waals surface area contributed by atoms with Crippen LogP contribution in [-0.2, 0) is 14.3 Å². The van der Waals surface area contributed by atoms with Crippen LogP contribution in [0.2, 0.25) is 5.02 Å². The number of ether oxygens (including phenoxy) is 1. The van der Waals surface area contributed by atoms with Gasteiger partial charge in [-0.25, -0.2) is 4.98 Å². The third-order valence-corrected chi connectivity index (χ3v) is 7.17. The first-order valence-corrected chi connectivity index (χ1v) is 12.1. The summed E-state index contributed by atoms with van der Waals surface area (Å²) in [4.78, 5) is 45.6. The zero-order chi connectivity index (χ0) is 23.1. The molecule has 7 nitrogen and oxygen atoms in total. The van der Waals surface area contributed by atoms with E-state index in [0.717, 1.165) is 33.5 Å². The molecule has 1 aromatic heterocycles. The summed E-state index contributed by atoms with van der Waals surface area (Å²) in [5.74, 6) is -0.757. The predicted octanol–water partition coefficient (Wildman–Crippen LogP) is 4.74. The molecule has 2 fully saturated rings. The summed E-state index contributed by atoms with van der Waals surface area (Å²) in [6, 6.07) is 10.4.